The van der Waals surface area contributed by atoms with Gasteiger partial charge in [-0.25, -0.2) is 9.59 Å². The summed E-state index contributed by atoms with van der Waals surface area (Å²) < 4.78 is 22.0. The Balaban J connectivity index is 1.89. The first kappa shape index (κ1) is 26.2. The van der Waals surface area contributed by atoms with Gasteiger partial charge in [-0.05, 0) is 76.9 Å². The van der Waals surface area contributed by atoms with Crippen molar-refractivity contribution in [1.29, 1.82) is 0 Å². The fourth-order valence-corrected chi connectivity index (χ4v) is 3.15. The lowest BCUT2D eigenvalue weighted by Crippen LogP contribution is -2.37. The Bertz CT molecular complexity index is 902. The van der Waals surface area contributed by atoms with Crippen molar-refractivity contribution < 1.29 is 28.5 Å². The van der Waals surface area contributed by atoms with Gasteiger partial charge in [0.05, 0.1) is 13.2 Å². The summed E-state index contributed by atoms with van der Waals surface area (Å²) >= 11 is 0. The molecule has 0 bridgehead atoms. The van der Waals surface area contributed by atoms with Crippen molar-refractivity contribution in [3.05, 3.63) is 59.7 Å². The first-order valence-electron chi connectivity index (χ1n) is 11.2. The number of benzene rings is 2. The van der Waals surface area contributed by atoms with Crippen LogP contribution < -0.4 is 10.1 Å². The predicted molar refractivity (Wildman–Crippen MR) is 128 cm³/mol. The van der Waals surface area contributed by atoms with E-state index < -0.39 is 23.3 Å². The van der Waals surface area contributed by atoms with E-state index in [2.05, 4.69) is 5.32 Å². The zero-order valence-corrected chi connectivity index (χ0v) is 20.4. The molecule has 0 fully saturated rings. The third-order valence-corrected chi connectivity index (χ3v) is 4.76. The number of ether oxygens (including phenoxy) is 4. The van der Waals surface area contributed by atoms with Crippen LogP contribution in [0.1, 0.15) is 52.7 Å². The zero-order valence-electron chi connectivity index (χ0n) is 20.4. The number of amides is 1. The molecule has 0 spiro atoms. The molecule has 2 aromatic carbocycles. The van der Waals surface area contributed by atoms with E-state index in [9.17, 15) is 9.59 Å². The minimum Gasteiger partial charge on any atom is -0.493 e. The van der Waals surface area contributed by atoms with Crippen molar-refractivity contribution in [3.63, 3.8) is 0 Å². The van der Waals surface area contributed by atoms with Gasteiger partial charge in [-0.2, -0.15) is 0 Å². The normalized spacial score (nSPS) is 13.0. The second-order valence-corrected chi connectivity index (χ2v) is 8.63. The summed E-state index contributed by atoms with van der Waals surface area (Å²) in [6.45, 7) is 12.0. The molecule has 7 nitrogen and oxygen atoms in total. The van der Waals surface area contributed by atoms with E-state index in [1.165, 1.54) is 0 Å². The Labute approximate surface area is 196 Å². The van der Waals surface area contributed by atoms with E-state index >= 15 is 0 Å². The second kappa shape index (κ2) is 11.7. The lowest BCUT2D eigenvalue weighted by atomic mass is 9.95. The second-order valence-electron chi connectivity index (χ2n) is 8.63. The molecule has 33 heavy (non-hydrogen) atoms. The maximum atomic E-state index is 12.4. The van der Waals surface area contributed by atoms with Gasteiger partial charge in [0.25, 0.3) is 0 Å². The number of nitrogens with one attached hydrogen (secondary N) is 1. The summed E-state index contributed by atoms with van der Waals surface area (Å²) in [5, 5.41) is 2.71. The molecule has 7 heteroatoms. The molecular formula is C26H35NO6. The first-order chi connectivity index (χ1) is 15.6. The van der Waals surface area contributed by atoms with Gasteiger partial charge in [-0.15, -0.1) is 0 Å². The van der Waals surface area contributed by atoms with Crippen molar-refractivity contribution in [2.75, 3.05) is 25.1 Å². The molecule has 0 aliphatic rings. The highest BCUT2D eigenvalue weighted by molar-refractivity contribution is 5.84. The summed E-state index contributed by atoms with van der Waals surface area (Å²) in [5.41, 5.74) is 0.762. The van der Waals surface area contributed by atoms with Crippen molar-refractivity contribution in [2.45, 2.75) is 59.2 Å². The summed E-state index contributed by atoms with van der Waals surface area (Å²) in [6.07, 6.45) is 0.221. The van der Waals surface area contributed by atoms with Gasteiger partial charge in [0.2, 0.25) is 0 Å². The van der Waals surface area contributed by atoms with Crippen LogP contribution in [0.4, 0.5) is 10.5 Å². The number of rotatable bonds is 10. The molecule has 1 amide bonds. The van der Waals surface area contributed by atoms with Crippen molar-refractivity contribution in [1.82, 2.24) is 0 Å². The van der Waals surface area contributed by atoms with Crippen molar-refractivity contribution in [3.8, 4) is 5.75 Å². The van der Waals surface area contributed by atoms with Crippen LogP contribution in [0, 0.1) is 0 Å². The Morgan fingerprint density at radius 1 is 0.879 bits per heavy atom. The summed E-state index contributed by atoms with van der Waals surface area (Å²) in [5.74, 6) is 0.287. The van der Waals surface area contributed by atoms with Gasteiger partial charge in [0.1, 0.15) is 11.4 Å². The fourth-order valence-electron chi connectivity index (χ4n) is 3.15. The third kappa shape index (κ3) is 8.09. The van der Waals surface area contributed by atoms with Gasteiger partial charge < -0.3 is 18.9 Å². The monoisotopic (exact) mass is 457 g/mol. The number of carbonyl (C=O) groups is 2. The lowest BCUT2D eigenvalue weighted by Gasteiger charge is -2.27. The first-order valence-corrected chi connectivity index (χ1v) is 11.2. The van der Waals surface area contributed by atoms with Crippen LogP contribution >= 0.6 is 0 Å². The molecule has 1 atom stereocenters. The van der Waals surface area contributed by atoms with Crippen LogP contribution in [0.25, 0.3) is 0 Å². The third-order valence-electron chi connectivity index (χ3n) is 4.76. The molecule has 0 radical (unpaired) electrons. The fraction of sp³-hybridized carbons (Fsp3) is 0.462. The number of hydrogen-bond donors (Lipinski definition) is 1. The number of anilines is 1. The summed E-state index contributed by atoms with van der Waals surface area (Å²) in [4.78, 5) is 24.3. The molecule has 2 rings (SSSR count). The highest BCUT2D eigenvalue weighted by atomic mass is 16.6. The van der Waals surface area contributed by atoms with Gasteiger partial charge in [-0.1, -0.05) is 24.3 Å². The highest BCUT2D eigenvalue weighted by Gasteiger charge is 2.37. The van der Waals surface area contributed by atoms with Gasteiger partial charge in [0.15, 0.2) is 5.60 Å². The molecule has 1 N–H and O–H groups in total. The maximum Gasteiger partial charge on any atom is 0.412 e. The Morgan fingerprint density at radius 2 is 1.52 bits per heavy atom. The van der Waals surface area contributed by atoms with Crippen LogP contribution in [-0.2, 0) is 31.0 Å². The Hall–Kier alpha value is -3.06. The standard InChI is InChI=1S/C26H35NO6/c1-7-30-23(28)26(6,32-8-2)20-11-15-22(16-12-20)31-18-17-19-9-13-21(14-10-19)27-24(29)33-25(3,4)5/h9-16H,7-8,17-18H2,1-6H3,(H,27,29)/t26-/m0/s1. The summed E-state index contributed by atoms with van der Waals surface area (Å²) in [7, 11) is 0. The molecular weight excluding hydrogens is 422 g/mol. The SMILES string of the molecule is CCOC(=O)[C@@](C)(OCC)c1ccc(OCCc2ccc(NC(=O)OC(C)(C)C)cc2)cc1. The van der Waals surface area contributed by atoms with Gasteiger partial charge in [-0.3, -0.25) is 5.32 Å². The molecule has 180 valence electrons. The van der Waals surface area contributed by atoms with E-state index in [1.807, 2.05) is 76.2 Å². The molecule has 0 saturated heterocycles. The van der Waals surface area contributed by atoms with E-state index in [0.717, 1.165) is 5.56 Å². The smallest absolute Gasteiger partial charge is 0.412 e. The van der Waals surface area contributed by atoms with Crippen LogP contribution in [0.3, 0.4) is 0 Å². The topological polar surface area (TPSA) is 83.1 Å². The van der Waals surface area contributed by atoms with Crippen molar-refractivity contribution in [2.24, 2.45) is 0 Å². The average Bonchev–Trinajstić information content (AvgIpc) is 2.74. The molecule has 0 aliphatic carbocycles. The van der Waals surface area contributed by atoms with E-state index in [0.29, 0.717) is 43.2 Å². The Kier molecular flexibility index (Phi) is 9.29. The zero-order chi connectivity index (χ0) is 24.5. The quantitative estimate of drug-likeness (QED) is 0.476. The highest BCUT2D eigenvalue weighted by Crippen LogP contribution is 2.29. The van der Waals surface area contributed by atoms with Crippen LogP contribution in [-0.4, -0.2) is 37.5 Å². The lowest BCUT2D eigenvalue weighted by molar-refractivity contribution is -0.171. The summed E-state index contributed by atoms with van der Waals surface area (Å²) in [6, 6.07) is 14.8. The van der Waals surface area contributed by atoms with Gasteiger partial charge >= 0.3 is 12.1 Å². The van der Waals surface area contributed by atoms with E-state index in [4.69, 9.17) is 18.9 Å². The number of hydrogen-bond acceptors (Lipinski definition) is 6. The maximum absolute atomic E-state index is 12.4. The van der Waals surface area contributed by atoms with E-state index in [-0.39, 0.29) is 0 Å². The van der Waals surface area contributed by atoms with Gasteiger partial charge in [0, 0.05) is 18.7 Å². The minimum absolute atomic E-state index is 0.292. The van der Waals surface area contributed by atoms with Crippen LogP contribution in [0.5, 0.6) is 5.75 Å². The Morgan fingerprint density at radius 3 is 2.06 bits per heavy atom. The predicted octanol–water partition coefficient (Wildman–Crippen LogP) is 5.47. The largest absolute Gasteiger partial charge is 0.493 e. The molecule has 0 saturated carbocycles. The van der Waals surface area contributed by atoms with Crippen LogP contribution in [0.2, 0.25) is 0 Å². The molecule has 2 aromatic rings. The number of esters is 1. The molecule has 0 aliphatic heterocycles. The van der Waals surface area contributed by atoms with E-state index in [1.54, 1.807) is 13.8 Å². The molecule has 0 unspecified atom stereocenters. The van der Waals surface area contributed by atoms with Crippen molar-refractivity contribution >= 4 is 17.7 Å². The molecule has 0 heterocycles. The van der Waals surface area contributed by atoms with Crippen LogP contribution in [0.15, 0.2) is 48.5 Å². The molecule has 0 aromatic heterocycles. The number of carbonyl (C=O) groups excluding carboxylic acids is 2. The minimum atomic E-state index is -1.15. The average molecular weight is 458 g/mol.